The third-order valence-electron chi connectivity index (χ3n) is 13.0. The van der Waals surface area contributed by atoms with Crippen LogP contribution in [0.3, 0.4) is 0 Å². The van der Waals surface area contributed by atoms with Crippen molar-refractivity contribution in [2.24, 2.45) is 0 Å². The van der Waals surface area contributed by atoms with Crippen molar-refractivity contribution in [2.45, 2.75) is 39.3 Å². The Hall–Kier alpha value is -6.53. The average molecular weight is 1000 g/mol. The van der Waals surface area contributed by atoms with E-state index in [1.54, 1.807) is 0 Å². The van der Waals surface area contributed by atoms with Crippen molar-refractivity contribution in [2.75, 3.05) is 0 Å². The fourth-order valence-corrected chi connectivity index (χ4v) is 12.8. The zero-order chi connectivity index (χ0) is 41.4. The number of aromatic nitrogens is 4. The number of pyridine rings is 1. The minimum Gasteiger partial charge on any atom is -0.508 e. The molecule has 1 N–H and O–H groups in total. The zero-order valence-corrected chi connectivity index (χ0v) is 38.2. The fourth-order valence-electron chi connectivity index (χ4n) is 9.91. The number of benzene rings is 7. The third kappa shape index (κ3) is 5.44. The van der Waals surface area contributed by atoms with Crippen LogP contribution in [0.1, 0.15) is 26.3 Å². The van der Waals surface area contributed by atoms with Crippen LogP contribution in [0.25, 0.3) is 83.4 Å². The first kappa shape index (κ1) is 38.4. The molecule has 3 aromatic heterocycles. The molecule has 5 heterocycles. The molecule has 302 valence electrons. The van der Waals surface area contributed by atoms with Gasteiger partial charge in [-0.1, -0.05) is 143 Å². The molecule has 7 aromatic carbocycles. The van der Waals surface area contributed by atoms with E-state index in [-0.39, 0.29) is 32.2 Å². The van der Waals surface area contributed by atoms with Crippen molar-refractivity contribution in [1.82, 2.24) is 14.1 Å². The zero-order valence-electron chi connectivity index (χ0n) is 34.9. The summed E-state index contributed by atoms with van der Waals surface area (Å²) in [7, 11) is -2.40. The summed E-state index contributed by atoms with van der Waals surface area (Å²) in [5.74, 6) is 1.75. The van der Waals surface area contributed by atoms with Gasteiger partial charge in [0.2, 0.25) is 0 Å². The van der Waals surface area contributed by atoms with Crippen LogP contribution >= 0.6 is 0 Å². The van der Waals surface area contributed by atoms with Gasteiger partial charge in [0, 0.05) is 17.5 Å². The molecule has 0 unspecified atom stereocenters. The van der Waals surface area contributed by atoms with Gasteiger partial charge >= 0.3 is 21.1 Å². The maximum atomic E-state index is 12.6. The number of ether oxygens (including phenoxy) is 1. The van der Waals surface area contributed by atoms with Crippen LogP contribution in [0.2, 0.25) is 13.1 Å². The molecule has 0 saturated heterocycles. The molecular formula is C54H41N4O2PtSi+. The van der Waals surface area contributed by atoms with Gasteiger partial charge in [0.1, 0.15) is 19.6 Å². The predicted molar refractivity (Wildman–Crippen MR) is 248 cm³/mol. The monoisotopic (exact) mass is 1000 g/mol. The summed E-state index contributed by atoms with van der Waals surface area (Å²) in [5, 5.41) is 17.2. The number of phenols is 1. The summed E-state index contributed by atoms with van der Waals surface area (Å²) in [6.45, 7) is 11.4. The molecule has 0 fully saturated rings. The van der Waals surface area contributed by atoms with Gasteiger partial charge in [-0.05, 0) is 90.5 Å². The molecule has 6 nitrogen and oxygen atoms in total. The number of hydrogen-bond acceptors (Lipinski definition) is 3. The molecule has 0 atom stereocenters. The van der Waals surface area contributed by atoms with Gasteiger partial charge in [-0.25, -0.2) is 4.98 Å². The first-order valence-electron chi connectivity index (χ1n) is 20.9. The summed E-state index contributed by atoms with van der Waals surface area (Å²) in [4.78, 5) is 4.85. The van der Waals surface area contributed by atoms with Gasteiger partial charge in [0.05, 0.1) is 16.7 Å². The van der Waals surface area contributed by atoms with Crippen LogP contribution in [-0.4, -0.2) is 27.3 Å². The second kappa shape index (κ2) is 13.7. The number of rotatable bonds is 3. The Morgan fingerprint density at radius 3 is 2.06 bits per heavy atom. The smallest absolute Gasteiger partial charge is 0.508 e. The molecule has 2 aliphatic rings. The molecule has 0 bridgehead atoms. The number of para-hydroxylation sites is 2. The summed E-state index contributed by atoms with van der Waals surface area (Å²) < 4.78 is 13.2. The number of fused-ring (bicyclic) bond motifs is 12. The van der Waals surface area contributed by atoms with Crippen LogP contribution in [-0.2, 0) is 26.5 Å². The summed E-state index contributed by atoms with van der Waals surface area (Å²) in [6.07, 6.45) is 5.70. The van der Waals surface area contributed by atoms with E-state index in [0.717, 1.165) is 71.8 Å². The van der Waals surface area contributed by atoms with Gasteiger partial charge in [-0.2, -0.15) is 6.07 Å². The normalized spacial score (nSPS) is 13.3. The quantitative estimate of drug-likeness (QED) is 0.109. The molecule has 0 aliphatic carbocycles. The molecular weight excluding hydrogens is 960 g/mol. The first-order chi connectivity index (χ1) is 29.6. The maximum absolute atomic E-state index is 12.6. The molecule has 62 heavy (non-hydrogen) atoms. The number of aromatic hydroxyl groups is 1. The van der Waals surface area contributed by atoms with Crippen molar-refractivity contribution in [3.63, 3.8) is 0 Å². The van der Waals surface area contributed by atoms with Crippen molar-refractivity contribution in [3.8, 4) is 67.8 Å². The van der Waals surface area contributed by atoms with Crippen LogP contribution in [0, 0.1) is 12.4 Å². The van der Waals surface area contributed by atoms with E-state index < -0.39 is 8.07 Å². The van der Waals surface area contributed by atoms with Gasteiger partial charge in [0.15, 0.2) is 11.5 Å². The summed E-state index contributed by atoms with van der Waals surface area (Å²) in [6, 6.07) is 54.9. The Morgan fingerprint density at radius 2 is 1.32 bits per heavy atom. The molecule has 2 aliphatic heterocycles. The second-order valence-corrected chi connectivity index (χ2v) is 22.2. The van der Waals surface area contributed by atoms with E-state index >= 15 is 0 Å². The van der Waals surface area contributed by atoms with E-state index in [1.165, 1.54) is 21.9 Å². The van der Waals surface area contributed by atoms with E-state index in [9.17, 15) is 5.11 Å². The largest absolute Gasteiger partial charge is 2.00 e. The molecule has 0 spiro atoms. The molecule has 0 saturated carbocycles. The fraction of sp³-hybridized carbons (Fsp3) is 0.111. The minimum atomic E-state index is -2.40. The summed E-state index contributed by atoms with van der Waals surface area (Å²) in [5.41, 5.74) is 13.8. The van der Waals surface area contributed by atoms with Crippen molar-refractivity contribution in [3.05, 3.63) is 170 Å². The van der Waals surface area contributed by atoms with Gasteiger partial charge in [0.25, 0.3) is 6.33 Å². The summed E-state index contributed by atoms with van der Waals surface area (Å²) >= 11 is 0. The SMILES string of the molecule is CC(C)(C)c1ccnc(-n2c3[c-]c(Oc4ccc5c(c4O)-n4[c-][n+]6c7c(ccc(c74)[Si]5(C)C)-c4ccccc4-c4ccccc4-c4ccccc4-6)ccc3c3ccccc32)c1.[Pt+2]. The van der Waals surface area contributed by atoms with Gasteiger partial charge < -0.3 is 14.4 Å². The molecule has 8 heteroatoms. The van der Waals surface area contributed by atoms with Crippen LogP contribution in [0.5, 0.6) is 17.2 Å². The molecule has 0 amide bonds. The topological polar surface area (TPSA) is 56.1 Å². The number of phenolic OH excluding ortho intramolecular Hbond substituents is 1. The molecule has 10 aromatic rings. The Morgan fingerprint density at radius 1 is 0.677 bits per heavy atom. The van der Waals surface area contributed by atoms with E-state index in [1.807, 2.05) is 18.3 Å². The Labute approximate surface area is 375 Å². The maximum Gasteiger partial charge on any atom is 2.00 e. The van der Waals surface area contributed by atoms with Gasteiger partial charge in [-0.15, -0.1) is 17.5 Å². The van der Waals surface area contributed by atoms with Crippen LogP contribution in [0.15, 0.2) is 152 Å². The minimum absolute atomic E-state index is 0. The standard InChI is InChI=1S/C54H41N4O2Si.Pt/c1-54(2,3)33-28-29-55-49(30-33)58-44-21-13-11-19-40(44)41-23-22-34(31-45(41)58)60-46-25-27-48-52(53(46)59)57-32-56-43-20-12-10-18-39(43)37-16-8-6-14-35(37)36-15-7-9-17-38(36)42-24-26-47(61(48,4)5)51(57)50(42)56;/h6-30,59H,1-5H3;/q-1;+2. The second-order valence-electron chi connectivity index (χ2n) is 17.9. The van der Waals surface area contributed by atoms with E-state index in [0.29, 0.717) is 17.2 Å². The van der Waals surface area contributed by atoms with E-state index in [4.69, 9.17) is 9.72 Å². The Bertz CT molecular complexity index is 3500. The predicted octanol–water partition coefficient (Wildman–Crippen LogP) is 11.2. The average Bonchev–Trinajstić information content (AvgIpc) is 3.83. The van der Waals surface area contributed by atoms with E-state index in [2.05, 4.69) is 193 Å². The van der Waals surface area contributed by atoms with Crippen molar-refractivity contribution >= 4 is 51.3 Å². The molecule has 0 radical (unpaired) electrons. The number of hydrogen-bond donors (Lipinski definition) is 1. The number of nitrogens with zero attached hydrogens (tertiary/aromatic N) is 4. The third-order valence-corrected chi connectivity index (χ3v) is 16.5. The van der Waals surface area contributed by atoms with Crippen LogP contribution < -0.4 is 19.7 Å². The Kier molecular flexibility index (Phi) is 8.51. The van der Waals surface area contributed by atoms with Crippen LogP contribution in [0.4, 0.5) is 0 Å². The van der Waals surface area contributed by atoms with Crippen molar-refractivity contribution < 1.29 is 35.5 Å². The number of imidazole rings is 1. The Balaban J connectivity index is 0.00000432. The molecule has 12 rings (SSSR count). The van der Waals surface area contributed by atoms with Crippen molar-refractivity contribution in [1.29, 1.82) is 0 Å². The van der Waals surface area contributed by atoms with Gasteiger partial charge in [-0.3, -0.25) is 9.13 Å². The first-order valence-corrected chi connectivity index (χ1v) is 23.9.